The van der Waals surface area contributed by atoms with Crippen LogP contribution in [0.2, 0.25) is 0 Å². The van der Waals surface area contributed by atoms with Crippen LogP contribution < -0.4 is 10.1 Å². The van der Waals surface area contributed by atoms with Crippen LogP contribution in [-0.2, 0) is 0 Å². The summed E-state index contributed by atoms with van der Waals surface area (Å²) in [5, 5.41) is 2.82. The van der Waals surface area contributed by atoms with E-state index in [1.165, 1.54) is 5.49 Å². The molecule has 0 fully saturated rings. The highest BCUT2D eigenvalue weighted by Crippen LogP contribution is 2.24. The van der Waals surface area contributed by atoms with E-state index in [-0.39, 0.29) is 0 Å². The zero-order chi connectivity index (χ0) is 9.97. The second kappa shape index (κ2) is 3.63. The number of aromatic amines is 1. The molecule has 1 aromatic heterocycles. The van der Waals surface area contributed by atoms with Crippen molar-refractivity contribution in [1.29, 1.82) is 0 Å². The monoisotopic (exact) mass is 207 g/mol. The molecule has 2 aromatic rings. The number of H-pyrrole nitrogens is 1. The van der Waals surface area contributed by atoms with E-state index in [2.05, 4.69) is 27.5 Å². The highest BCUT2D eigenvalue weighted by Gasteiger charge is 2.05. The molecule has 1 heterocycles. The van der Waals surface area contributed by atoms with Gasteiger partial charge in [0, 0.05) is 0 Å². The summed E-state index contributed by atoms with van der Waals surface area (Å²) in [6, 6.07) is 5.70. The van der Waals surface area contributed by atoms with Gasteiger partial charge in [0.25, 0.3) is 0 Å². The third-order valence-corrected chi connectivity index (χ3v) is 2.01. The van der Waals surface area contributed by atoms with Gasteiger partial charge in [0.1, 0.15) is 11.3 Å². The van der Waals surface area contributed by atoms with Crippen LogP contribution in [0.25, 0.3) is 11.0 Å². The highest BCUT2D eigenvalue weighted by molar-refractivity contribution is 7.79. The van der Waals surface area contributed by atoms with Crippen LogP contribution in [0.1, 0.15) is 0 Å². The quantitative estimate of drug-likeness (QED) is 0.755. The average molecular weight is 207 g/mol. The van der Waals surface area contributed by atoms with Crippen molar-refractivity contribution in [2.75, 3.05) is 12.4 Å². The lowest BCUT2D eigenvalue weighted by Crippen LogP contribution is -1.92. The Balaban J connectivity index is 2.57. The molecule has 0 radical (unpaired) electrons. The second-order valence-corrected chi connectivity index (χ2v) is 2.94. The van der Waals surface area contributed by atoms with Gasteiger partial charge in [-0.15, -0.1) is 0 Å². The van der Waals surface area contributed by atoms with E-state index in [1.807, 2.05) is 18.2 Å². The SMILES string of the molecule is COc1cccc2[nH]c(NC=S)nc12. The third-order valence-electron chi connectivity index (χ3n) is 1.89. The van der Waals surface area contributed by atoms with Gasteiger partial charge in [-0.3, -0.25) is 0 Å². The van der Waals surface area contributed by atoms with Crippen LogP contribution in [0.3, 0.4) is 0 Å². The van der Waals surface area contributed by atoms with Gasteiger partial charge >= 0.3 is 0 Å². The highest BCUT2D eigenvalue weighted by atomic mass is 32.1. The maximum atomic E-state index is 5.17. The number of methoxy groups -OCH3 is 1. The molecule has 0 saturated heterocycles. The summed E-state index contributed by atoms with van der Waals surface area (Å²) in [5.74, 6) is 1.37. The third kappa shape index (κ3) is 1.42. The molecule has 2 rings (SSSR count). The Labute approximate surface area is 86.3 Å². The first-order valence-corrected chi connectivity index (χ1v) is 4.55. The van der Waals surface area contributed by atoms with Gasteiger partial charge in [0.15, 0.2) is 0 Å². The Morgan fingerprint density at radius 2 is 2.43 bits per heavy atom. The van der Waals surface area contributed by atoms with E-state index >= 15 is 0 Å². The minimum atomic E-state index is 0.625. The van der Waals surface area contributed by atoms with Gasteiger partial charge in [-0.05, 0) is 12.1 Å². The van der Waals surface area contributed by atoms with E-state index in [0.29, 0.717) is 5.95 Å². The van der Waals surface area contributed by atoms with Gasteiger partial charge in [-0.2, -0.15) is 0 Å². The van der Waals surface area contributed by atoms with Crippen molar-refractivity contribution in [2.24, 2.45) is 0 Å². The van der Waals surface area contributed by atoms with Crippen molar-refractivity contribution in [3.05, 3.63) is 18.2 Å². The number of imidazole rings is 1. The van der Waals surface area contributed by atoms with Crippen molar-refractivity contribution in [1.82, 2.24) is 9.97 Å². The van der Waals surface area contributed by atoms with Crippen LogP contribution in [0.4, 0.5) is 5.95 Å². The summed E-state index contributed by atoms with van der Waals surface area (Å²) in [4.78, 5) is 7.35. The molecule has 0 unspecified atom stereocenters. The first kappa shape index (κ1) is 8.96. The van der Waals surface area contributed by atoms with Crippen LogP contribution in [0, 0.1) is 0 Å². The summed E-state index contributed by atoms with van der Waals surface area (Å²) in [7, 11) is 1.62. The number of hydrogen-bond donors (Lipinski definition) is 2. The summed E-state index contributed by atoms with van der Waals surface area (Å²) in [6.45, 7) is 0. The molecule has 2 N–H and O–H groups in total. The van der Waals surface area contributed by atoms with Crippen LogP contribution in [0.5, 0.6) is 5.75 Å². The first-order chi connectivity index (χ1) is 6.85. The number of rotatable bonds is 3. The van der Waals surface area contributed by atoms with E-state index in [4.69, 9.17) is 4.74 Å². The molecule has 0 amide bonds. The van der Waals surface area contributed by atoms with Gasteiger partial charge in [-0.25, -0.2) is 4.98 Å². The van der Waals surface area contributed by atoms with Crippen molar-refractivity contribution < 1.29 is 4.74 Å². The second-order valence-electron chi connectivity index (χ2n) is 2.70. The predicted molar refractivity (Wildman–Crippen MR) is 59.9 cm³/mol. The van der Waals surface area contributed by atoms with Crippen molar-refractivity contribution >= 4 is 34.7 Å². The topological polar surface area (TPSA) is 49.9 Å². The lowest BCUT2D eigenvalue weighted by molar-refractivity contribution is 0.419. The number of fused-ring (bicyclic) bond motifs is 1. The Kier molecular flexibility index (Phi) is 2.32. The van der Waals surface area contributed by atoms with Gasteiger partial charge < -0.3 is 15.0 Å². The number of benzene rings is 1. The number of ether oxygens (including phenoxy) is 1. The Morgan fingerprint density at radius 1 is 1.57 bits per heavy atom. The molecule has 0 aliphatic heterocycles. The molecule has 0 spiro atoms. The fourth-order valence-electron chi connectivity index (χ4n) is 1.29. The number of thiocarbonyl (C=S) groups is 1. The summed E-state index contributed by atoms with van der Waals surface area (Å²) in [6.07, 6.45) is 0. The average Bonchev–Trinajstić information content (AvgIpc) is 2.60. The zero-order valence-electron chi connectivity index (χ0n) is 7.57. The smallest absolute Gasteiger partial charge is 0.206 e. The minimum Gasteiger partial charge on any atom is -0.494 e. The first-order valence-electron chi connectivity index (χ1n) is 4.08. The maximum absolute atomic E-state index is 5.17. The number of para-hydroxylation sites is 1. The van der Waals surface area contributed by atoms with Gasteiger partial charge in [0.2, 0.25) is 5.95 Å². The number of aromatic nitrogens is 2. The molecule has 1 aromatic carbocycles. The summed E-state index contributed by atoms with van der Waals surface area (Å²) >= 11 is 4.67. The van der Waals surface area contributed by atoms with E-state index < -0.39 is 0 Å². The number of nitrogens with one attached hydrogen (secondary N) is 2. The van der Waals surface area contributed by atoms with Crippen LogP contribution in [0.15, 0.2) is 18.2 Å². The van der Waals surface area contributed by atoms with E-state index in [1.54, 1.807) is 7.11 Å². The molecule has 14 heavy (non-hydrogen) atoms. The molecular weight excluding hydrogens is 198 g/mol. The lowest BCUT2D eigenvalue weighted by atomic mass is 10.3. The molecule has 0 bridgehead atoms. The Morgan fingerprint density at radius 3 is 3.14 bits per heavy atom. The van der Waals surface area contributed by atoms with Crippen molar-refractivity contribution in [2.45, 2.75) is 0 Å². The Bertz CT molecular complexity index is 466. The molecular formula is C9H9N3OS. The molecule has 72 valence electrons. The maximum Gasteiger partial charge on any atom is 0.206 e. The van der Waals surface area contributed by atoms with Crippen LogP contribution in [-0.4, -0.2) is 22.6 Å². The van der Waals surface area contributed by atoms with Crippen molar-refractivity contribution in [3.63, 3.8) is 0 Å². The van der Waals surface area contributed by atoms with E-state index in [9.17, 15) is 0 Å². The van der Waals surface area contributed by atoms with Crippen molar-refractivity contribution in [3.8, 4) is 5.75 Å². The molecule has 0 aliphatic rings. The minimum absolute atomic E-state index is 0.625. The Hall–Kier alpha value is -1.62. The fourth-order valence-corrected chi connectivity index (χ4v) is 1.41. The normalized spacial score (nSPS) is 10.1. The zero-order valence-corrected chi connectivity index (χ0v) is 8.39. The molecule has 5 heteroatoms. The molecule has 0 aliphatic carbocycles. The summed E-state index contributed by atoms with van der Waals surface area (Å²) in [5.41, 5.74) is 3.13. The summed E-state index contributed by atoms with van der Waals surface area (Å²) < 4.78 is 5.17. The van der Waals surface area contributed by atoms with Gasteiger partial charge in [0.05, 0.1) is 18.1 Å². The molecule has 0 saturated carbocycles. The molecule has 0 atom stereocenters. The predicted octanol–water partition coefficient (Wildman–Crippen LogP) is 1.94. The molecule has 4 nitrogen and oxygen atoms in total. The van der Waals surface area contributed by atoms with E-state index in [0.717, 1.165) is 16.8 Å². The lowest BCUT2D eigenvalue weighted by Gasteiger charge is -1.97. The van der Waals surface area contributed by atoms with Gasteiger partial charge in [-0.1, -0.05) is 18.3 Å². The largest absolute Gasteiger partial charge is 0.494 e. The van der Waals surface area contributed by atoms with Crippen LogP contribution >= 0.6 is 12.2 Å². The number of hydrogen-bond acceptors (Lipinski definition) is 3. The standard InChI is InChI=1S/C9H9N3OS/c1-13-7-4-2-3-6-8(7)12-9(11-6)10-5-14/h2-5H,1H3,(H2,10,11,12,14). The fraction of sp³-hybridized carbons (Fsp3) is 0.111. The number of nitrogens with zero attached hydrogens (tertiary/aromatic N) is 1. The number of anilines is 1.